The van der Waals surface area contributed by atoms with Gasteiger partial charge in [-0.05, 0) is 23.8 Å². The number of nitrogens with two attached hydrogens (primary N) is 1. The van der Waals surface area contributed by atoms with E-state index in [0.717, 1.165) is 11.3 Å². The van der Waals surface area contributed by atoms with E-state index in [1.54, 1.807) is 40.8 Å². The summed E-state index contributed by atoms with van der Waals surface area (Å²) in [4.78, 5) is 12.3. The first-order valence-electron chi connectivity index (χ1n) is 6.61. The highest BCUT2D eigenvalue weighted by Crippen LogP contribution is 2.17. The molecule has 2 aromatic heterocycles. The molecule has 1 unspecified atom stereocenters. The fourth-order valence-electron chi connectivity index (χ4n) is 2.27. The van der Waals surface area contributed by atoms with Crippen molar-refractivity contribution in [2.24, 2.45) is 5.73 Å². The first kappa shape index (κ1) is 13.4. The van der Waals surface area contributed by atoms with Gasteiger partial charge in [-0.15, -0.1) is 0 Å². The Morgan fingerprint density at radius 1 is 1.24 bits per heavy atom. The van der Waals surface area contributed by atoms with Gasteiger partial charge < -0.3 is 15.0 Å². The summed E-state index contributed by atoms with van der Waals surface area (Å²) in [7, 11) is 1.62. The molecule has 3 rings (SSSR count). The average Bonchev–Trinajstić information content (AvgIpc) is 2.99. The topological polar surface area (TPSA) is 74.6 Å². The van der Waals surface area contributed by atoms with Gasteiger partial charge in [-0.3, -0.25) is 4.79 Å². The summed E-state index contributed by atoms with van der Waals surface area (Å²) < 4.78 is 8.28. The molecule has 2 heterocycles. The molecular formula is C15H16N4O2. The second kappa shape index (κ2) is 5.41. The van der Waals surface area contributed by atoms with Gasteiger partial charge in [0.1, 0.15) is 11.3 Å². The molecule has 0 fully saturated rings. The van der Waals surface area contributed by atoms with E-state index in [0.29, 0.717) is 12.1 Å². The summed E-state index contributed by atoms with van der Waals surface area (Å²) >= 11 is 0. The third-order valence-corrected chi connectivity index (χ3v) is 3.48. The van der Waals surface area contributed by atoms with Crippen molar-refractivity contribution in [3.63, 3.8) is 0 Å². The van der Waals surface area contributed by atoms with E-state index in [9.17, 15) is 4.79 Å². The Balaban J connectivity index is 1.86. The van der Waals surface area contributed by atoms with Crippen molar-refractivity contribution >= 4 is 5.52 Å². The van der Waals surface area contributed by atoms with Crippen molar-refractivity contribution in [3.05, 3.63) is 64.8 Å². The van der Waals surface area contributed by atoms with E-state index in [-0.39, 0.29) is 11.6 Å². The second-order valence-corrected chi connectivity index (χ2v) is 4.80. The molecule has 0 aliphatic carbocycles. The lowest BCUT2D eigenvalue weighted by atomic mass is 10.1. The molecule has 3 aromatic rings. The molecule has 1 aromatic carbocycles. The Kier molecular flexibility index (Phi) is 3.45. The second-order valence-electron chi connectivity index (χ2n) is 4.80. The summed E-state index contributed by atoms with van der Waals surface area (Å²) in [5.74, 6) is 0.781. The lowest BCUT2D eigenvalue weighted by Crippen LogP contribution is -2.27. The molecular weight excluding hydrogens is 268 g/mol. The van der Waals surface area contributed by atoms with E-state index < -0.39 is 0 Å². The number of methoxy groups -OCH3 is 1. The van der Waals surface area contributed by atoms with E-state index >= 15 is 0 Å². The number of hydrogen-bond donors (Lipinski definition) is 1. The number of rotatable bonds is 4. The fourth-order valence-corrected chi connectivity index (χ4v) is 2.27. The van der Waals surface area contributed by atoms with Crippen LogP contribution in [0.15, 0.2) is 53.7 Å². The van der Waals surface area contributed by atoms with E-state index in [1.165, 1.54) is 0 Å². The van der Waals surface area contributed by atoms with Gasteiger partial charge in [-0.2, -0.15) is 5.10 Å². The van der Waals surface area contributed by atoms with Crippen LogP contribution in [-0.4, -0.2) is 21.3 Å². The zero-order chi connectivity index (χ0) is 14.8. The molecule has 0 spiro atoms. The molecule has 21 heavy (non-hydrogen) atoms. The summed E-state index contributed by atoms with van der Waals surface area (Å²) in [5.41, 5.74) is 7.58. The summed E-state index contributed by atoms with van der Waals surface area (Å²) in [6.07, 6.45) is 5.05. The van der Waals surface area contributed by atoms with Gasteiger partial charge in [0.2, 0.25) is 0 Å². The number of nitrogens with zero attached hydrogens (tertiary/aromatic N) is 3. The summed E-state index contributed by atoms with van der Waals surface area (Å²) in [5, 5.41) is 4.04. The number of ether oxygens (including phenoxy) is 1. The van der Waals surface area contributed by atoms with Crippen LogP contribution in [0.4, 0.5) is 0 Å². The van der Waals surface area contributed by atoms with Crippen LogP contribution in [0.5, 0.6) is 5.75 Å². The van der Waals surface area contributed by atoms with E-state index in [2.05, 4.69) is 5.10 Å². The maximum atomic E-state index is 12.3. The van der Waals surface area contributed by atoms with Crippen molar-refractivity contribution in [1.82, 2.24) is 14.2 Å². The predicted octanol–water partition coefficient (Wildman–Crippen LogP) is 1.20. The molecule has 0 saturated carbocycles. The first-order valence-corrected chi connectivity index (χ1v) is 6.61. The number of fused-ring (bicyclic) bond motifs is 1. The SMILES string of the molecule is COc1ccc(C(N)Cn2ccn3nccc3c2=O)cc1. The van der Waals surface area contributed by atoms with Crippen LogP contribution >= 0.6 is 0 Å². The highest BCUT2D eigenvalue weighted by molar-refractivity contribution is 5.42. The van der Waals surface area contributed by atoms with Crippen LogP contribution in [0, 0.1) is 0 Å². The van der Waals surface area contributed by atoms with Crippen LogP contribution in [-0.2, 0) is 6.54 Å². The normalized spacial score (nSPS) is 12.5. The maximum absolute atomic E-state index is 12.3. The van der Waals surface area contributed by atoms with Gasteiger partial charge >= 0.3 is 0 Å². The van der Waals surface area contributed by atoms with Gasteiger partial charge in [0.25, 0.3) is 5.56 Å². The van der Waals surface area contributed by atoms with Crippen molar-refractivity contribution in [2.45, 2.75) is 12.6 Å². The third kappa shape index (κ3) is 2.53. The van der Waals surface area contributed by atoms with Crippen molar-refractivity contribution in [3.8, 4) is 5.75 Å². The van der Waals surface area contributed by atoms with Crippen LogP contribution in [0.1, 0.15) is 11.6 Å². The monoisotopic (exact) mass is 284 g/mol. The van der Waals surface area contributed by atoms with Crippen LogP contribution < -0.4 is 16.0 Å². The molecule has 0 amide bonds. The third-order valence-electron chi connectivity index (χ3n) is 3.48. The quantitative estimate of drug-likeness (QED) is 0.781. The summed E-state index contributed by atoms with van der Waals surface area (Å²) in [6.45, 7) is 0.410. The van der Waals surface area contributed by atoms with Crippen molar-refractivity contribution in [1.29, 1.82) is 0 Å². The highest BCUT2D eigenvalue weighted by atomic mass is 16.5. The van der Waals surface area contributed by atoms with E-state index in [1.807, 2.05) is 24.3 Å². The Morgan fingerprint density at radius 2 is 2.00 bits per heavy atom. The standard InChI is InChI=1S/C15H16N4O2/c1-21-12-4-2-11(3-5-12)13(16)10-18-8-9-19-14(15(18)20)6-7-17-19/h2-9,13H,10,16H2,1H3. The van der Waals surface area contributed by atoms with Crippen LogP contribution in [0.25, 0.3) is 5.52 Å². The van der Waals surface area contributed by atoms with Crippen LogP contribution in [0.3, 0.4) is 0 Å². The Morgan fingerprint density at radius 3 is 2.71 bits per heavy atom. The minimum absolute atomic E-state index is 0.0982. The molecule has 0 bridgehead atoms. The number of benzene rings is 1. The molecule has 0 aliphatic heterocycles. The maximum Gasteiger partial charge on any atom is 0.276 e. The minimum Gasteiger partial charge on any atom is -0.497 e. The van der Waals surface area contributed by atoms with Gasteiger partial charge in [0.05, 0.1) is 13.3 Å². The molecule has 108 valence electrons. The number of aromatic nitrogens is 3. The smallest absolute Gasteiger partial charge is 0.276 e. The molecule has 6 heteroatoms. The zero-order valence-electron chi connectivity index (χ0n) is 11.6. The summed E-state index contributed by atoms with van der Waals surface area (Å²) in [6, 6.07) is 8.96. The molecule has 1 atom stereocenters. The van der Waals surface area contributed by atoms with Crippen molar-refractivity contribution in [2.75, 3.05) is 7.11 Å². The van der Waals surface area contributed by atoms with Gasteiger partial charge in [0, 0.05) is 25.0 Å². The fraction of sp³-hybridized carbons (Fsp3) is 0.200. The predicted molar refractivity (Wildman–Crippen MR) is 79.4 cm³/mol. The molecule has 0 saturated heterocycles. The lowest BCUT2D eigenvalue weighted by molar-refractivity contribution is 0.414. The molecule has 2 N–H and O–H groups in total. The Bertz CT molecular complexity index is 804. The zero-order valence-corrected chi connectivity index (χ0v) is 11.6. The average molecular weight is 284 g/mol. The Labute approximate surface area is 121 Å². The van der Waals surface area contributed by atoms with Gasteiger partial charge in [-0.25, -0.2) is 4.52 Å². The Hall–Kier alpha value is -2.60. The van der Waals surface area contributed by atoms with E-state index in [4.69, 9.17) is 10.5 Å². The van der Waals surface area contributed by atoms with Crippen molar-refractivity contribution < 1.29 is 4.74 Å². The largest absolute Gasteiger partial charge is 0.497 e. The first-order chi connectivity index (χ1) is 10.2. The lowest BCUT2D eigenvalue weighted by Gasteiger charge is -2.14. The van der Waals surface area contributed by atoms with Gasteiger partial charge in [0.15, 0.2) is 0 Å². The minimum atomic E-state index is -0.265. The molecule has 0 radical (unpaired) electrons. The number of hydrogen-bond acceptors (Lipinski definition) is 4. The van der Waals surface area contributed by atoms with Crippen LogP contribution in [0.2, 0.25) is 0 Å². The highest BCUT2D eigenvalue weighted by Gasteiger charge is 2.10. The van der Waals surface area contributed by atoms with Gasteiger partial charge in [-0.1, -0.05) is 12.1 Å². The molecule has 6 nitrogen and oxygen atoms in total. The molecule has 0 aliphatic rings.